The molecule has 0 radical (unpaired) electrons. The van der Waals surface area contributed by atoms with Crippen molar-refractivity contribution in [2.45, 2.75) is 24.6 Å². The molecule has 0 aromatic rings. The Bertz CT molecular complexity index is 433. The average molecular weight is 281 g/mol. The van der Waals surface area contributed by atoms with Gasteiger partial charge in [0.15, 0.2) is 9.87 Å². The number of nitrogens with one attached hydrogen (secondary N) is 1. The Balaban J connectivity index is 2.90. The minimum Gasteiger partial charge on any atom is -0.320 e. The van der Waals surface area contributed by atoms with Crippen molar-refractivity contribution < 1.29 is 13.2 Å². The van der Waals surface area contributed by atoms with Crippen LogP contribution >= 0.6 is 11.8 Å². The fourth-order valence-corrected chi connectivity index (χ4v) is 2.91. The quantitative estimate of drug-likeness (QED) is 0.565. The molecular formula is C7H15N5O3S2. The number of hydrazine groups is 1. The van der Waals surface area contributed by atoms with Crippen LogP contribution in [0.4, 0.5) is 0 Å². The zero-order chi connectivity index (χ0) is 13.2. The third-order valence-electron chi connectivity index (χ3n) is 1.91. The van der Waals surface area contributed by atoms with E-state index in [1.807, 2.05) is 0 Å². The molecule has 1 fully saturated rings. The summed E-state index contributed by atoms with van der Waals surface area (Å²) in [7, 11) is -3.75. The minimum absolute atomic E-state index is 0.258. The molecular weight excluding hydrogens is 266 g/mol. The van der Waals surface area contributed by atoms with E-state index in [-0.39, 0.29) is 5.17 Å². The topological polar surface area (TPSA) is 131 Å². The van der Waals surface area contributed by atoms with Gasteiger partial charge in [-0.05, 0) is 25.6 Å². The van der Waals surface area contributed by atoms with Gasteiger partial charge < -0.3 is 5.73 Å². The number of thioether (sulfide) groups is 1. The Hall–Kier alpha value is -0.680. The van der Waals surface area contributed by atoms with Crippen molar-refractivity contribution in [2.24, 2.45) is 15.9 Å². The second-order valence-electron chi connectivity index (χ2n) is 3.43. The molecule has 1 unspecified atom stereocenters. The predicted molar refractivity (Wildman–Crippen MR) is 66.1 cm³/mol. The summed E-state index contributed by atoms with van der Waals surface area (Å²) in [5, 5.41) is 6.71. The van der Waals surface area contributed by atoms with Crippen molar-refractivity contribution in [3.05, 3.63) is 0 Å². The predicted octanol–water partition coefficient (Wildman–Crippen LogP) is -1.64. The summed E-state index contributed by atoms with van der Waals surface area (Å²) in [5.74, 6) is -0.511. The van der Waals surface area contributed by atoms with Gasteiger partial charge in [0.05, 0.1) is 6.04 Å². The molecule has 1 rings (SSSR count). The lowest BCUT2D eigenvalue weighted by Gasteiger charge is -2.15. The summed E-state index contributed by atoms with van der Waals surface area (Å²) < 4.78 is 21.3. The van der Waals surface area contributed by atoms with Gasteiger partial charge in [0.2, 0.25) is 10.0 Å². The number of nitrogens with zero attached hydrogens (tertiary/aromatic N) is 2. The highest BCUT2D eigenvalue weighted by atomic mass is 32.3. The molecule has 8 nitrogen and oxygen atoms in total. The summed E-state index contributed by atoms with van der Waals surface area (Å²) in [6.45, 7) is 3.74. The Kier molecular flexibility index (Phi) is 4.49. The van der Waals surface area contributed by atoms with E-state index in [9.17, 15) is 13.2 Å². The molecule has 17 heavy (non-hydrogen) atoms. The standard InChI is InChI=1S/C7H15N5O3S2/c1-3-12-6(10-5(13)4(2)8)16-7(11-12)17(9,14)15/h4,7,11H,3,8H2,1-2H3,(H2,9,14,15)/t4-,7?/m0/s1. The first-order chi connectivity index (χ1) is 7.75. The molecule has 1 heterocycles. The number of hydrogen-bond donors (Lipinski definition) is 3. The zero-order valence-electron chi connectivity index (χ0n) is 9.45. The third-order valence-corrected chi connectivity index (χ3v) is 4.55. The SMILES string of the molecule is CCN1NC(S(N)(=O)=O)SC1=NC(=O)[C@H](C)N. The number of primary sulfonamides is 1. The van der Waals surface area contributed by atoms with Gasteiger partial charge in [0, 0.05) is 6.54 Å². The highest BCUT2D eigenvalue weighted by Crippen LogP contribution is 2.24. The number of sulfonamides is 1. The molecule has 0 aromatic heterocycles. The van der Waals surface area contributed by atoms with E-state index in [1.165, 1.54) is 11.9 Å². The normalized spacial score (nSPS) is 25.3. The van der Waals surface area contributed by atoms with E-state index < -0.39 is 26.7 Å². The number of amides is 1. The highest BCUT2D eigenvalue weighted by Gasteiger charge is 2.35. The Morgan fingerprint density at radius 1 is 1.71 bits per heavy atom. The van der Waals surface area contributed by atoms with Gasteiger partial charge in [0.1, 0.15) is 0 Å². The summed E-state index contributed by atoms with van der Waals surface area (Å²) in [6, 6.07) is -0.727. The number of amidine groups is 1. The molecule has 1 amide bonds. The van der Waals surface area contributed by atoms with Crippen molar-refractivity contribution in [1.82, 2.24) is 10.4 Å². The van der Waals surface area contributed by atoms with Crippen LogP contribution in [-0.2, 0) is 14.8 Å². The number of rotatable bonds is 3. The molecule has 2 atom stereocenters. The second kappa shape index (κ2) is 5.31. The first kappa shape index (κ1) is 14.4. The Morgan fingerprint density at radius 2 is 2.29 bits per heavy atom. The monoisotopic (exact) mass is 281 g/mol. The van der Waals surface area contributed by atoms with E-state index >= 15 is 0 Å². The minimum atomic E-state index is -3.75. The number of carbonyl (C=O) groups is 1. The molecule has 0 spiro atoms. The van der Waals surface area contributed by atoms with Gasteiger partial charge >= 0.3 is 0 Å². The second-order valence-corrected chi connectivity index (χ2v) is 6.45. The van der Waals surface area contributed by atoms with Crippen LogP contribution in [0.2, 0.25) is 0 Å². The van der Waals surface area contributed by atoms with Crippen LogP contribution < -0.4 is 16.3 Å². The maximum Gasteiger partial charge on any atom is 0.264 e. The van der Waals surface area contributed by atoms with Crippen molar-refractivity contribution in [1.29, 1.82) is 0 Å². The van der Waals surface area contributed by atoms with E-state index in [2.05, 4.69) is 10.4 Å². The lowest BCUT2D eigenvalue weighted by atomic mass is 10.3. The van der Waals surface area contributed by atoms with Crippen molar-refractivity contribution in [3.8, 4) is 0 Å². The largest absolute Gasteiger partial charge is 0.320 e. The molecule has 1 aliphatic rings. The summed E-state index contributed by atoms with van der Waals surface area (Å²) in [6.07, 6.45) is 0. The van der Waals surface area contributed by atoms with Gasteiger partial charge in [-0.25, -0.2) is 19.0 Å². The molecule has 0 saturated carbocycles. The lowest BCUT2D eigenvalue weighted by Crippen LogP contribution is -2.42. The van der Waals surface area contributed by atoms with Crippen LogP contribution in [0, 0.1) is 0 Å². The molecule has 10 heteroatoms. The molecule has 1 saturated heterocycles. The van der Waals surface area contributed by atoms with E-state index in [1.54, 1.807) is 6.92 Å². The van der Waals surface area contributed by atoms with Crippen LogP contribution in [0.25, 0.3) is 0 Å². The Labute approximate surface area is 104 Å². The number of carbonyl (C=O) groups excluding carboxylic acids is 1. The molecule has 1 aliphatic heterocycles. The maximum atomic E-state index is 11.4. The van der Waals surface area contributed by atoms with Crippen molar-refractivity contribution in [2.75, 3.05) is 6.54 Å². The fourth-order valence-electron chi connectivity index (χ4n) is 1.02. The average Bonchev–Trinajstić information content (AvgIpc) is 2.60. The van der Waals surface area contributed by atoms with Gasteiger partial charge in [0.25, 0.3) is 5.91 Å². The smallest absolute Gasteiger partial charge is 0.264 e. The van der Waals surface area contributed by atoms with Crippen molar-refractivity contribution in [3.63, 3.8) is 0 Å². The maximum absolute atomic E-state index is 11.4. The first-order valence-corrected chi connectivity index (χ1v) is 7.34. The van der Waals surface area contributed by atoms with E-state index in [0.717, 1.165) is 11.8 Å². The van der Waals surface area contributed by atoms with Gasteiger partial charge in [-0.15, -0.1) is 0 Å². The summed E-state index contributed by atoms with van der Waals surface area (Å²) >= 11 is 0.871. The molecule has 98 valence electrons. The van der Waals surface area contributed by atoms with E-state index in [0.29, 0.717) is 6.54 Å². The molecule has 0 aromatic carbocycles. The van der Waals surface area contributed by atoms with E-state index in [4.69, 9.17) is 10.9 Å². The molecule has 5 N–H and O–H groups in total. The van der Waals surface area contributed by atoms with Gasteiger partial charge in [-0.3, -0.25) is 9.80 Å². The van der Waals surface area contributed by atoms with Crippen LogP contribution in [0.15, 0.2) is 4.99 Å². The lowest BCUT2D eigenvalue weighted by molar-refractivity contribution is -0.118. The van der Waals surface area contributed by atoms with Crippen LogP contribution in [0.3, 0.4) is 0 Å². The summed E-state index contributed by atoms with van der Waals surface area (Å²) in [4.78, 5) is 15.1. The van der Waals surface area contributed by atoms with Crippen LogP contribution in [-0.4, -0.2) is 41.8 Å². The highest BCUT2D eigenvalue weighted by molar-refractivity contribution is 8.22. The van der Waals surface area contributed by atoms with Crippen LogP contribution in [0.1, 0.15) is 13.8 Å². The van der Waals surface area contributed by atoms with Gasteiger partial charge in [-0.1, -0.05) is 0 Å². The molecule has 0 aliphatic carbocycles. The molecule has 0 bridgehead atoms. The third kappa shape index (κ3) is 3.64. The first-order valence-electron chi connectivity index (χ1n) is 4.85. The zero-order valence-corrected chi connectivity index (χ0v) is 11.1. The van der Waals surface area contributed by atoms with Gasteiger partial charge in [-0.2, -0.15) is 4.99 Å². The Morgan fingerprint density at radius 3 is 2.71 bits per heavy atom. The fraction of sp³-hybridized carbons (Fsp3) is 0.714. The number of aliphatic imine (C=N–C) groups is 1. The number of hydrogen-bond acceptors (Lipinski definition) is 6. The van der Waals surface area contributed by atoms with Crippen LogP contribution in [0.5, 0.6) is 0 Å². The summed E-state index contributed by atoms with van der Waals surface area (Å²) in [5.41, 5.74) is 8.01. The number of nitrogens with two attached hydrogens (primary N) is 2. The van der Waals surface area contributed by atoms with Crippen molar-refractivity contribution >= 4 is 32.9 Å².